The van der Waals surface area contributed by atoms with Crippen LogP contribution in [0.3, 0.4) is 0 Å². The van der Waals surface area contributed by atoms with E-state index in [4.69, 9.17) is 4.74 Å². The molecule has 0 spiro atoms. The average molecular weight is 279 g/mol. The molecule has 106 valence electrons. The van der Waals surface area contributed by atoms with Crippen LogP contribution in [0, 0.1) is 0 Å². The van der Waals surface area contributed by atoms with Crippen LogP contribution in [0.25, 0.3) is 6.08 Å². The Kier molecular flexibility index (Phi) is 4.10. The van der Waals surface area contributed by atoms with Crippen LogP contribution < -0.4 is 0 Å². The van der Waals surface area contributed by atoms with Crippen molar-refractivity contribution in [3.05, 3.63) is 71.2 Å². The summed E-state index contributed by atoms with van der Waals surface area (Å²) in [7, 11) is 0. The molecule has 0 aliphatic heterocycles. The van der Waals surface area contributed by atoms with Crippen LogP contribution >= 0.6 is 0 Å². The van der Waals surface area contributed by atoms with Gasteiger partial charge in [-0.25, -0.2) is 9.78 Å². The first kappa shape index (κ1) is 13.6. The van der Waals surface area contributed by atoms with E-state index in [1.54, 1.807) is 12.1 Å². The lowest BCUT2D eigenvalue weighted by atomic mass is 9.96. The van der Waals surface area contributed by atoms with Crippen LogP contribution in [-0.4, -0.2) is 11.0 Å². The summed E-state index contributed by atoms with van der Waals surface area (Å²) in [5, 5.41) is 0. The SMILES string of the molecule is O=C(OC=Cc1ccccc1)c1ccc2c(n1)CCCC2. The summed E-state index contributed by atoms with van der Waals surface area (Å²) in [6, 6.07) is 13.5. The summed E-state index contributed by atoms with van der Waals surface area (Å²) >= 11 is 0. The highest BCUT2D eigenvalue weighted by Gasteiger charge is 2.14. The summed E-state index contributed by atoms with van der Waals surface area (Å²) in [6.07, 6.45) is 7.54. The first-order valence-corrected chi connectivity index (χ1v) is 7.24. The first-order chi connectivity index (χ1) is 10.3. The molecule has 0 saturated carbocycles. The lowest BCUT2D eigenvalue weighted by Gasteiger charge is -2.14. The van der Waals surface area contributed by atoms with E-state index >= 15 is 0 Å². The van der Waals surface area contributed by atoms with Gasteiger partial charge in [0.1, 0.15) is 5.69 Å². The van der Waals surface area contributed by atoms with Crippen molar-refractivity contribution in [2.75, 3.05) is 0 Å². The number of aromatic nitrogens is 1. The highest BCUT2D eigenvalue weighted by molar-refractivity contribution is 5.88. The Morgan fingerprint density at radius 3 is 2.71 bits per heavy atom. The molecule has 0 atom stereocenters. The van der Waals surface area contributed by atoms with E-state index < -0.39 is 5.97 Å². The van der Waals surface area contributed by atoms with E-state index in [2.05, 4.69) is 4.98 Å². The van der Waals surface area contributed by atoms with Crippen molar-refractivity contribution in [2.24, 2.45) is 0 Å². The van der Waals surface area contributed by atoms with Crippen LogP contribution in [0.4, 0.5) is 0 Å². The van der Waals surface area contributed by atoms with Crippen molar-refractivity contribution in [3.63, 3.8) is 0 Å². The number of ether oxygens (including phenoxy) is 1. The minimum Gasteiger partial charge on any atom is -0.430 e. The van der Waals surface area contributed by atoms with Crippen LogP contribution in [0.1, 0.15) is 40.2 Å². The van der Waals surface area contributed by atoms with Crippen LogP contribution in [-0.2, 0) is 17.6 Å². The number of pyridine rings is 1. The third-order valence-corrected chi connectivity index (χ3v) is 3.62. The minimum atomic E-state index is -0.407. The molecular formula is C18H17NO2. The van der Waals surface area contributed by atoms with E-state index in [1.807, 2.05) is 36.4 Å². The highest BCUT2D eigenvalue weighted by Crippen LogP contribution is 2.19. The Morgan fingerprint density at radius 1 is 1.05 bits per heavy atom. The van der Waals surface area contributed by atoms with Crippen molar-refractivity contribution >= 4 is 12.0 Å². The maximum Gasteiger partial charge on any atom is 0.361 e. The molecule has 0 N–H and O–H groups in total. The monoisotopic (exact) mass is 279 g/mol. The Balaban J connectivity index is 1.67. The van der Waals surface area contributed by atoms with Gasteiger partial charge in [-0.2, -0.15) is 0 Å². The van der Waals surface area contributed by atoms with E-state index in [-0.39, 0.29) is 0 Å². The second-order valence-electron chi connectivity index (χ2n) is 5.13. The Bertz CT molecular complexity index is 662. The molecule has 3 nitrogen and oxygen atoms in total. The molecule has 0 fully saturated rings. The number of hydrogen-bond acceptors (Lipinski definition) is 3. The summed E-state index contributed by atoms with van der Waals surface area (Å²) < 4.78 is 5.14. The molecule has 0 amide bonds. The topological polar surface area (TPSA) is 39.2 Å². The zero-order chi connectivity index (χ0) is 14.5. The Hall–Kier alpha value is -2.42. The fraction of sp³-hybridized carbons (Fsp3) is 0.222. The van der Waals surface area contributed by atoms with Crippen LogP contribution in [0.5, 0.6) is 0 Å². The van der Waals surface area contributed by atoms with Gasteiger partial charge in [0, 0.05) is 5.69 Å². The molecule has 2 aromatic rings. The number of esters is 1. The van der Waals surface area contributed by atoms with Gasteiger partial charge in [0.25, 0.3) is 0 Å². The number of hydrogen-bond donors (Lipinski definition) is 0. The molecule has 1 aromatic carbocycles. The normalized spacial score (nSPS) is 13.9. The zero-order valence-corrected chi connectivity index (χ0v) is 11.8. The highest BCUT2D eigenvalue weighted by atomic mass is 16.5. The zero-order valence-electron chi connectivity index (χ0n) is 11.8. The van der Waals surface area contributed by atoms with Crippen molar-refractivity contribution in [3.8, 4) is 0 Å². The summed E-state index contributed by atoms with van der Waals surface area (Å²) in [5.74, 6) is -0.407. The summed E-state index contributed by atoms with van der Waals surface area (Å²) in [6.45, 7) is 0. The van der Waals surface area contributed by atoms with Gasteiger partial charge in [-0.05, 0) is 49.0 Å². The van der Waals surface area contributed by atoms with E-state index in [0.717, 1.165) is 30.5 Å². The molecule has 1 heterocycles. The molecule has 0 bridgehead atoms. The van der Waals surface area contributed by atoms with Crippen molar-refractivity contribution in [2.45, 2.75) is 25.7 Å². The molecule has 21 heavy (non-hydrogen) atoms. The molecule has 0 radical (unpaired) electrons. The van der Waals surface area contributed by atoms with Gasteiger partial charge in [-0.1, -0.05) is 36.4 Å². The number of rotatable bonds is 3. The second-order valence-corrected chi connectivity index (χ2v) is 5.13. The van der Waals surface area contributed by atoms with Crippen molar-refractivity contribution in [1.82, 2.24) is 4.98 Å². The predicted octanol–water partition coefficient (Wildman–Crippen LogP) is 3.79. The molecule has 1 aliphatic rings. The maximum atomic E-state index is 12.0. The van der Waals surface area contributed by atoms with Crippen molar-refractivity contribution in [1.29, 1.82) is 0 Å². The summed E-state index contributed by atoms with van der Waals surface area (Å²) in [4.78, 5) is 16.4. The van der Waals surface area contributed by atoms with Gasteiger partial charge in [-0.3, -0.25) is 0 Å². The minimum absolute atomic E-state index is 0.383. The molecule has 3 rings (SSSR count). The lowest BCUT2D eigenvalue weighted by Crippen LogP contribution is -2.10. The van der Waals surface area contributed by atoms with Crippen molar-refractivity contribution < 1.29 is 9.53 Å². The van der Waals surface area contributed by atoms with Gasteiger partial charge in [0.05, 0.1) is 6.26 Å². The van der Waals surface area contributed by atoms with Crippen LogP contribution in [0.2, 0.25) is 0 Å². The number of carbonyl (C=O) groups excluding carboxylic acids is 1. The fourth-order valence-corrected chi connectivity index (χ4v) is 2.49. The van der Waals surface area contributed by atoms with Gasteiger partial charge in [-0.15, -0.1) is 0 Å². The smallest absolute Gasteiger partial charge is 0.361 e. The fourth-order valence-electron chi connectivity index (χ4n) is 2.49. The number of carbonyl (C=O) groups is 1. The number of benzene rings is 1. The lowest BCUT2D eigenvalue weighted by molar-refractivity contribution is 0.0658. The molecule has 0 unspecified atom stereocenters. The van der Waals surface area contributed by atoms with Crippen LogP contribution in [0.15, 0.2) is 48.7 Å². The predicted molar refractivity (Wildman–Crippen MR) is 81.8 cm³/mol. The third kappa shape index (κ3) is 3.37. The second kappa shape index (κ2) is 6.35. The average Bonchev–Trinajstić information content (AvgIpc) is 2.55. The third-order valence-electron chi connectivity index (χ3n) is 3.62. The first-order valence-electron chi connectivity index (χ1n) is 7.24. The standard InChI is InChI=1S/C18H17NO2/c20-18(21-13-12-14-6-2-1-3-7-14)17-11-10-15-8-4-5-9-16(15)19-17/h1-3,6-7,10-13H,4-5,8-9H2. The number of aryl methyl sites for hydroxylation is 2. The Morgan fingerprint density at radius 2 is 1.86 bits per heavy atom. The number of fused-ring (bicyclic) bond motifs is 1. The maximum absolute atomic E-state index is 12.0. The molecule has 0 saturated heterocycles. The van der Waals surface area contributed by atoms with Gasteiger partial charge < -0.3 is 4.74 Å². The molecular weight excluding hydrogens is 262 g/mol. The summed E-state index contributed by atoms with van der Waals surface area (Å²) in [5.41, 5.74) is 3.68. The molecule has 1 aliphatic carbocycles. The van der Waals surface area contributed by atoms with Gasteiger partial charge >= 0.3 is 5.97 Å². The molecule has 1 aromatic heterocycles. The quantitative estimate of drug-likeness (QED) is 0.634. The largest absolute Gasteiger partial charge is 0.430 e. The van der Waals surface area contributed by atoms with E-state index in [9.17, 15) is 4.79 Å². The van der Waals surface area contributed by atoms with E-state index in [0.29, 0.717) is 5.69 Å². The van der Waals surface area contributed by atoms with E-state index in [1.165, 1.54) is 18.2 Å². The van der Waals surface area contributed by atoms with Gasteiger partial charge in [0.2, 0.25) is 0 Å². The Labute approximate surface area is 124 Å². The number of nitrogens with zero attached hydrogens (tertiary/aromatic N) is 1. The van der Waals surface area contributed by atoms with Gasteiger partial charge in [0.15, 0.2) is 0 Å². The molecule has 3 heteroatoms.